The molecule has 0 aromatic heterocycles. The van der Waals surface area contributed by atoms with Crippen LogP contribution in [0.1, 0.15) is 52.0 Å². The minimum atomic E-state index is -0.531. The quantitative estimate of drug-likeness (QED) is 0.871. The van der Waals surface area contributed by atoms with Crippen molar-refractivity contribution in [3.8, 4) is 0 Å². The third-order valence-corrected chi connectivity index (χ3v) is 4.77. The zero-order valence-corrected chi connectivity index (χ0v) is 14.0. The van der Waals surface area contributed by atoms with Gasteiger partial charge in [-0.15, -0.1) is 0 Å². The third-order valence-electron chi connectivity index (χ3n) is 4.77. The fourth-order valence-corrected chi connectivity index (χ4v) is 3.33. The standard InChI is InChI=1S/C18H23N3O2/c1-4-21-15-10-9-12(11-13(15)18(2,3)17(21)23)19-20-14-7-5-6-8-16(14)22/h9-11,19H,4-8H2,1-3H3/b20-14+. The van der Waals surface area contributed by atoms with Gasteiger partial charge in [-0.2, -0.15) is 5.10 Å². The maximum absolute atomic E-state index is 12.5. The molecule has 23 heavy (non-hydrogen) atoms. The first kappa shape index (κ1) is 15.7. The molecule has 2 aliphatic rings. The van der Waals surface area contributed by atoms with Crippen molar-refractivity contribution in [1.82, 2.24) is 0 Å². The average Bonchev–Trinajstić information content (AvgIpc) is 2.73. The number of rotatable bonds is 3. The Morgan fingerprint density at radius 1 is 1.22 bits per heavy atom. The molecule has 1 heterocycles. The van der Waals surface area contributed by atoms with Crippen molar-refractivity contribution >= 4 is 28.8 Å². The number of Topliss-reactive ketones (excluding diaryl/α,β-unsaturated/α-hetero) is 1. The first-order chi connectivity index (χ1) is 10.9. The van der Waals surface area contributed by atoms with E-state index in [-0.39, 0.29) is 11.7 Å². The van der Waals surface area contributed by atoms with Crippen LogP contribution in [0.5, 0.6) is 0 Å². The van der Waals surface area contributed by atoms with Gasteiger partial charge in [0, 0.05) is 18.7 Å². The molecule has 0 atom stereocenters. The van der Waals surface area contributed by atoms with Gasteiger partial charge in [0.25, 0.3) is 0 Å². The third kappa shape index (κ3) is 2.64. The van der Waals surface area contributed by atoms with E-state index in [2.05, 4.69) is 10.5 Å². The van der Waals surface area contributed by atoms with E-state index in [1.54, 1.807) is 0 Å². The first-order valence-corrected chi connectivity index (χ1v) is 8.27. The molecule has 1 N–H and O–H groups in total. The molecule has 0 saturated heterocycles. The monoisotopic (exact) mass is 313 g/mol. The van der Waals surface area contributed by atoms with Gasteiger partial charge in [0.1, 0.15) is 5.71 Å². The van der Waals surface area contributed by atoms with E-state index < -0.39 is 5.41 Å². The van der Waals surface area contributed by atoms with Crippen LogP contribution in [0.15, 0.2) is 23.3 Å². The van der Waals surface area contributed by atoms with Crippen LogP contribution >= 0.6 is 0 Å². The van der Waals surface area contributed by atoms with E-state index in [4.69, 9.17) is 0 Å². The number of nitrogens with zero attached hydrogens (tertiary/aromatic N) is 2. The molecule has 1 aromatic rings. The summed E-state index contributed by atoms with van der Waals surface area (Å²) in [7, 11) is 0. The van der Waals surface area contributed by atoms with Crippen LogP contribution < -0.4 is 10.3 Å². The summed E-state index contributed by atoms with van der Waals surface area (Å²) in [5.74, 6) is 0.262. The lowest BCUT2D eigenvalue weighted by Gasteiger charge is -2.18. The second kappa shape index (κ2) is 5.80. The number of hydrogen-bond donors (Lipinski definition) is 1. The van der Waals surface area contributed by atoms with E-state index in [1.165, 1.54) is 0 Å². The van der Waals surface area contributed by atoms with Crippen LogP contribution in [0.3, 0.4) is 0 Å². The highest BCUT2D eigenvalue weighted by Gasteiger charge is 2.43. The summed E-state index contributed by atoms with van der Waals surface area (Å²) >= 11 is 0. The number of amides is 1. The molecule has 1 aliphatic heterocycles. The van der Waals surface area contributed by atoms with Gasteiger partial charge in [-0.1, -0.05) is 0 Å². The van der Waals surface area contributed by atoms with Gasteiger partial charge in [0.15, 0.2) is 5.78 Å². The summed E-state index contributed by atoms with van der Waals surface area (Å²) in [6.45, 7) is 6.54. The molecule has 0 radical (unpaired) electrons. The SMILES string of the molecule is CCN1C(=O)C(C)(C)c2cc(N/N=C3\CCCCC3=O)ccc21. The molecule has 1 fully saturated rings. The largest absolute Gasteiger partial charge is 0.312 e. The second-order valence-corrected chi connectivity index (χ2v) is 6.71. The van der Waals surface area contributed by atoms with E-state index in [9.17, 15) is 9.59 Å². The number of nitrogens with one attached hydrogen (secondary N) is 1. The van der Waals surface area contributed by atoms with Crippen molar-refractivity contribution < 1.29 is 9.59 Å². The predicted octanol–water partition coefficient (Wildman–Crippen LogP) is 3.24. The molecule has 0 unspecified atom stereocenters. The summed E-state index contributed by atoms with van der Waals surface area (Å²) in [5.41, 5.74) is 5.88. The van der Waals surface area contributed by atoms with Crippen molar-refractivity contribution in [1.29, 1.82) is 0 Å². The molecular weight excluding hydrogens is 290 g/mol. The van der Waals surface area contributed by atoms with Crippen molar-refractivity contribution in [2.45, 2.75) is 51.9 Å². The van der Waals surface area contributed by atoms with E-state index in [0.717, 1.165) is 36.2 Å². The number of likely N-dealkylation sites (N-methyl/N-ethyl adjacent to an activating group) is 1. The van der Waals surface area contributed by atoms with Crippen LogP contribution in [-0.2, 0) is 15.0 Å². The number of carbonyl (C=O) groups is 2. The number of anilines is 2. The molecular formula is C18H23N3O2. The van der Waals surface area contributed by atoms with Crippen LogP contribution in [0.4, 0.5) is 11.4 Å². The second-order valence-electron chi connectivity index (χ2n) is 6.71. The zero-order valence-electron chi connectivity index (χ0n) is 14.0. The van der Waals surface area contributed by atoms with Crippen LogP contribution in [-0.4, -0.2) is 23.9 Å². The Morgan fingerprint density at radius 2 is 1.96 bits per heavy atom. The highest BCUT2D eigenvalue weighted by atomic mass is 16.2. The Kier molecular flexibility index (Phi) is 3.96. The van der Waals surface area contributed by atoms with E-state index in [0.29, 0.717) is 18.7 Å². The molecule has 5 nitrogen and oxygen atoms in total. The van der Waals surface area contributed by atoms with E-state index >= 15 is 0 Å². The van der Waals surface area contributed by atoms with Gasteiger partial charge in [-0.05, 0) is 63.8 Å². The summed E-state index contributed by atoms with van der Waals surface area (Å²) in [6, 6.07) is 5.84. The lowest BCUT2D eigenvalue weighted by molar-refractivity contribution is -0.122. The number of fused-ring (bicyclic) bond motifs is 1. The van der Waals surface area contributed by atoms with Crippen LogP contribution in [0.25, 0.3) is 0 Å². The molecule has 122 valence electrons. The van der Waals surface area contributed by atoms with Crippen LogP contribution in [0, 0.1) is 0 Å². The smallest absolute Gasteiger partial charge is 0.237 e. The highest BCUT2D eigenvalue weighted by Crippen LogP contribution is 2.42. The van der Waals surface area contributed by atoms with Crippen molar-refractivity contribution in [3.05, 3.63) is 23.8 Å². The number of benzene rings is 1. The fraction of sp³-hybridized carbons (Fsp3) is 0.500. The van der Waals surface area contributed by atoms with E-state index in [1.807, 2.05) is 43.9 Å². The zero-order chi connectivity index (χ0) is 16.6. The molecule has 1 aromatic carbocycles. The molecule has 1 aliphatic carbocycles. The molecule has 1 amide bonds. The van der Waals surface area contributed by atoms with Gasteiger partial charge in [-0.25, -0.2) is 0 Å². The molecule has 0 bridgehead atoms. The number of hydrogen-bond acceptors (Lipinski definition) is 4. The Hall–Kier alpha value is -2.17. The average molecular weight is 313 g/mol. The minimum Gasteiger partial charge on any atom is -0.312 e. The Balaban J connectivity index is 1.87. The van der Waals surface area contributed by atoms with Gasteiger partial charge < -0.3 is 4.90 Å². The Bertz CT molecular complexity index is 692. The Labute approximate surface area is 136 Å². The van der Waals surface area contributed by atoms with Crippen LogP contribution in [0.2, 0.25) is 0 Å². The van der Waals surface area contributed by atoms with Gasteiger partial charge in [0.05, 0.1) is 11.1 Å². The number of hydrazone groups is 1. The van der Waals surface area contributed by atoms with Crippen molar-refractivity contribution in [2.24, 2.45) is 5.10 Å². The van der Waals surface area contributed by atoms with Gasteiger partial charge in [0.2, 0.25) is 5.91 Å². The molecule has 0 spiro atoms. The fourth-order valence-electron chi connectivity index (χ4n) is 3.33. The maximum Gasteiger partial charge on any atom is 0.237 e. The number of carbonyl (C=O) groups excluding carboxylic acids is 2. The first-order valence-electron chi connectivity index (χ1n) is 8.27. The van der Waals surface area contributed by atoms with Gasteiger partial charge >= 0.3 is 0 Å². The molecule has 1 saturated carbocycles. The van der Waals surface area contributed by atoms with Crippen molar-refractivity contribution in [2.75, 3.05) is 16.9 Å². The Morgan fingerprint density at radius 3 is 2.65 bits per heavy atom. The topological polar surface area (TPSA) is 61.8 Å². The summed E-state index contributed by atoms with van der Waals surface area (Å²) < 4.78 is 0. The van der Waals surface area contributed by atoms with Gasteiger partial charge in [-0.3, -0.25) is 15.0 Å². The lowest BCUT2D eigenvalue weighted by Crippen LogP contribution is -2.35. The maximum atomic E-state index is 12.5. The van der Waals surface area contributed by atoms with Crippen molar-refractivity contribution in [3.63, 3.8) is 0 Å². The highest BCUT2D eigenvalue weighted by molar-refractivity contribution is 6.40. The summed E-state index contributed by atoms with van der Waals surface area (Å²) in [4.78, 5) is 26.1. The molecule has 5 heteroatoms. The normalized spacial score (nSPS) is 21.7. The predicted molar refractivity (Wildman–Crippen MR) is 92.0 cm³/mol. The molecule has 3 rings (SSSR count). The summed E-state index contributed by atoms with van der Waals surface area (Å²) in [5, 5.41) is 4.28. The lowest BCUT2D eigenvalue weighted by atomic mass is 9.86. The summed E-state index contributed by atoms with van der Waals surface area (Å²) in [6.07, 6.45) is 3.31. The number of ketones is 1. The minimum absolute atomic E-state index is 0.126.